The van der Waals surface area contributed by atoms with Gasteiger partial charge in [-0.2, -0.15) is 0 Å². The molecule has 0 saturated carbocycles. The average molecular weight is 198 g/mol. The molecule has 2 nitrogen and oxygen atoms in total. The first-order chi connectivity index (χ1) is 6.79. The molecular formula is C12H26N2. The van der Waals surface area contributed by atoms with E-state index in [2.05, 4.69) is 18.7 Å². The van der Waals surface area contributed by atoms with Crippen molar-refractivity contribution in [3.05, 3.63) is 0 Å². The molecule has 84 valence electrons. The van der Waals surface area contributed by atoms with Crippen molar-refractivity contribution in [2.45, 2.75) is 64.5 Å². The van der Waals surface area contributed by atoms with Crippen LogP contribution in [-0.2, 0) is 0 Å². The zero-order chi connectivity index (χ0) is 10.4. The monoisotopic (exact) mass is 198 g/mol. The number of nitrogens with zero attached hydrogens (tertiary/aromatic N) is 1. The maximum Gasteiger partial charge on any atom is 0.00990 e. The molecular weight excluding hydrogens is 172 g/mol. The normalized spacial score (nSPS) is 25.5. The molecule has 2 N–H and O–H groups in total. The quantitative estimate of drug-likeness (QED) is 0.710. The van der Waals surface area contributed by atoms with Gasteiger partial charge in [-0.05, 0) is 52.1 Å². The summed E-state index contributed by atoms with van der Waals surface area (Å²) in [6.07, 6.45) is 7.95. The Morgan fingerprint density at radius 1 is 1.50 bits per heavy atom. The van der Waals surface area contributed by atoms with Crippen LogP contribution in [0.5, 0.6) is 0 Å². The molecule has 0 aromatic rings. The third-order valence-electron chi connectivity index (χ3n) is 3.44. The van der Waals surface area contributed by atoms with E-state index < -0.39 is 0 Å². The van der Waals surface area contributed by atoms with Crippen LogP contribution in [0, 0.1) is 0 Å². The van der Waals surface area contributed by atoms with Gasteiger partial charge >= 0.3 is 0 Å². The summed E-state index contributed by atoms with van der Waals surface area (Å²) in [5.74, 6) is 0. The summed E-state index contributed by atoms with van der Waals surface area (Å²) < 4.78 is 0. The van der Waals surface area contributed by atoms with E-state index in [9.17, 15) is 0 Å². The molecule has 2 unspecified atom stereocenters. The van der Waals surface area contributed by atoms with Crippen molar-refractivity contribution < 1.29 is 0 Å². The Hall–Kier alpha value is -0.0800. The molecule has 0 aromatic carbocycles. The smallest absolute Gasteiger partial charge is 0.00990 e. The second-order valence-corrected chi connectivity index (χ2v) is 4.60. The molecule has 0 spiro atoms. The van der Waals surface area contributed by atoms with Crippen molar-refractivity contribution in [2.24, 2.45) is 5.73 Å². The van der Waals surface area contributed by atoms with Crippen molar-refractivity contribution in [1.29, 1.82) is 0 Å². The minimum atomic E-state index is 0.783. The van der Waals surface area contributed by atoms with Crippen LogP contribution >= 0.6 is 0 Å². The first kappa shape index (κ1) is 12.0. The molecule has 1 rings (SSSR count). The van der Waals surface area contributed by atoms with Crippen LogP contribution < -0.4 is 5.73 Å². The second kappa shape index (κ2) is 6.41. The van der Waals surface area contributed by atoms with Crippen LogP contribution in [0.2, 0.25) is 0 Å². The third-order valence-corrected chi connectivity index (χ3v) is 3.44. The van der Waals surface area contributed by atoms with Crippen molar-refractivity contribution in [1.82, 2.24) is 4.90 Å². The number of nitrogens with two attached hydrogens (primary N) is 1. The molecule has 1 saturated heterocycles. The Bertz CT molecular complexity index is 147. The van der Waals surface area contributed by atoms with Gasteiger partial charge in [0.05, 0.1) is 0 Å². The second-order valence-electron chi connectivity index (χ2n) is 4.60. The summed E-state index contributed by atoms with van der Waals surface area (Å²) in [7, 11) is 0. The molecule has 2 atom stereocenters. The summed E-state index contributed by atoms with van der Waals surface area (Å²) in [5, 5.41) is 0. The lowest BCUT2D eigenvalue weighted by Gasteiger charge is -2.30. The number of hydrogen-bond acceptors (Lipinski definition) is 2. The lowest BCUT2D eigenvalue weighted by atomic mass is 10.1. The lowest BCUT2D eigenvalue weighted by molar-refractivity contribution is 0.173. The highest BCUT2D eigenvalue weighted by Crippen LogP contribution is 2.24. The number of likely N-dealkylation sites (tertiary alicyclic amines) is 1. The molecule has 1 aliphatic rings. The molecule has 0 bridgehead atoms. The van der Waals surface area contributed by atoms with E-state index >= 15 is 0 Å². The van der Waals surface area contributed by atoms with Gasteiger partial charge in [-0.25, -0.2) is 0 Å². The van der Waals surface area contributed by atoms with Gasteiger partial charge in [0.25, 0.3) is 0 Å². The number of rotatable bonds is 6. The van der Waals surface area contributed by atoms with Crippen LogP contribution in [-0.4, -0.2) is 30.1 Å². The Morgan fingerprint density at radius 3 is 2.93 bits per heavy atom. The van der Waals surface area contributed by atoms with Gasteiger partial charge in [0.1, 0.15) is 0 Å². The van der Waals surface area contributed by atoms with Crippen LogP contribution in [0.4, 0.5) is 0 Å². The third kappa shape index (κ3) is 3.25. The van der Waals surface area contributed by atoms with Crippen LogP contribution in [0.15, 0.2) is 0 Å². The fourth-order valence-electron chi connectivity index (χ4n) is 2.69. The number of hydrogen-bond donors (Lipinski definition) is 1. The van der Waals surface area contributed by atoms with E-state index in [4.69, 9.17) is 5.73 Å². The van der Waals surface area contributed by atoms with Gasteiger partial charge in [-0.3, -0.25) is 4.90 Å². The van der Waals surface area contributed by atoms with Gasteiger partial charge in [-0.1, -0.05) is 13.3 Å². The molecule has 1 aliphatic heterocycles. The van der Waals surface area contributed by atoms with E-state index in [1.807, 2.05) is 0 Å². The van der Waals surface area contributed by atoms with E-state index in [0.717, 1.165) is 18.6 Å². The summed E-state index contributed by atoms with van der Waals surface area (Å²) in [4.78, 5) is 2.71. The fourth-order valence-corrected chi connectivity index (χ4v) is 2.69. The Morgan fingerprint density at radius 2 is 2.29 bits per heavy atom. The zero-order valence-corrected chi connectivity index (χ0v) is 9.84. The summed E-state index contributed by atoms with van der Waals surface area (Å²) in [6, 6.07) is 1.62. The van der Waals surface area contributed by atoms with E-state index in [0.29, 0.717) is 0 Å². The SMILES string of the molecule is CCCC(C)N1CCCC1CCCN. The zero-order valence-electron chi connectivity index (χ0n) is 9.84. The predicted octanol–water partition coefficient (Wildman–Crippen LogP) is 2.38. The van der Waals surface area contributed by atoms with Crippen molar-refractivity contribution in [2.75, 3.05) is 13.1 Å². The van der Waals surface area contributed by atoms with Gasteiger partial charge in [-0.15, -0.1) is 0 Å². The molecule has 0 aliphatic carbocycles. The Labute approximate surface area is 88.8 Å². The van der Waals surface area contributed by atoms with Gasteiger partial charge in [0, 0.05) is 12.1 Å². The summed E-state index contributed by atoms with van der Waals surface area (Å²) in [6.45, 7) is 6.83. The fraction of sp³-hybridized carbons (Fsp3) is 1.00. The van der Waals surface area contributed by atoms with E-state index in [1.165, 1.54) is 45.1 Å². The Balaban J connectivity index is 2.33. The van der Waals surface area contributed by atoms with Gasteiger partial charge in [0.2, 0.25) is 0 Å². The van der Waals surface area contributed by atoms with Crippen molar-refractivity contribution in [3.8, 4) is 0 Å². The summed E-state index contributed by atoms with van der Waals surface area (Å²) >= 11 is 0. The van der Waals surface area contributed by atoms with Crippen LogP contribution in [0.25, 0.3) is 0 Å². The average Bonchev–Trinajstić information content (AvgIpc) is 2.63. The maximum absolute atomic E-state index is 5.57. The molecule has 14 heavy (non-hydrogen) atoms. The highest BCUT2D eigenvalue weighted by molar-refractivity contribution is 4.82. The first-order valence-corrected chi connectivity index (χ1v) is 6.25. The summed E-state index contributed by atoms with van der Waals surface area (Å²) in [5.41, 5.74) is 5.57. The highest BCUT2D eigenvalue weighted by Gasteiger charge is 2.26. The predicted molar refractivity (Wildman–Crippen MR) is 62.4 cm³/mol. The van der Waals surface area contributed by atoms with Crippen molar-refractivity contribution >= 4 is 0 Å². The molecule has 0 amide bonds. The van der Waals surface area contributed by atoms with Gasteiger partial charge in [0.15, 0.2) is 0 Å². The standard InChI is InChI=1S/C12H26N2/c1-3-6-11(2)14-10-5-8-12(14)7-4-9-13/h11-12H,3-10,13H2,1-2H3. The highest BCUT2D eigenvalue weighted by atomic mass is 15.2. The molecule has 1 heterocycles. The largest absolute Gasteiger partial charge is 0.330 e. The molecule has 2 heteroatoms. The molecule has 0 radical (unpaired) electrons. The maximum atomic E-state index is 5.57. The molecule has 0 aromatic heterocycles. The minimum Gasteiger partial charge on any atom is -0.330 e. The van der Waals surface area contributed by atoms with Crippen LogP contribution in [0.3, 0.4) is 0 Å². The van der Waals surface area contributed by atoms with E-state index in [1.54, 1.807) is 0 Å². The Kier molecular flexibility index (Phi) is 5.49. The topological polar surface area (TPSA) is 29.3 Å². The van der Waals surface area contributed by atoms with E-state index in [-0.39, 0.29) is 0 Å². The first-order valence-electron chi connectivity index (χ1n) is 6.25. The van der Waals surface area contributed by atoms with Crippen molar-refractivity contribution in [3.63, 3.8) is 0 Å². The molecule has 1 fully saturated rings. The lowest BCUT2D eigenvalue weighted by Crippen LogP contribution is -2.37. The van der Waals surface area contributed by atoms with Gasteiger partial charge < -0.3 is 5.73 Å². The van der Waals surface area contributed by atoms with Crippen LogP contribution in [0.1, 0.15) is 52.4 Å². The minimum absolute atomic E-state index is 0.783.